The minimum absolute atomic E-state index is 0.179. The summed E-state index contributed by atoms with van der Waals surface area (Å²) < 4.78 is 2.32. The summed E-state index contributed by atoms with van der Waals surface area (Å²) in [6.45, 7) is 2.25. The Bertz CT molecular complexity index is 325. The minimum atomic E-state index is 0.179. The van der Waals surface area contributed by atoms with E-state index in [1.54, 1.807) is 11.3 Å². The van der Waals surface area contributed by atoms with E-state index < -0.39 is 0 Å². The van der Waals surface area contributed by atoms with Gasteiger partial charge in [-0.2, -0.15) is 0 Å². The highest BCUT2D eigenvalue weighted by atomic mass is 79.9. The third kappa shape index (κ3) is 5.86. The number of rotatable bonds is 8. The largest absolute Gasteiger partial charge is 0.324 e. The minimum Gasteiger partial charge on any atom is -0.324 e. The van der Waals surface area contributed by atoms with Gasteiger partial charge < -0.3 is 5.73 Å². The highest BCUT2D eigenvalue weighted by Crippen LogP contribution is 2.36. The fourth-order valence-electron chi connectivity index (χ4n) is 1.91. The molecule has 0 aliphatic carbocycles. The van der Waals surface area contributed by atoms with E-state index in [1.807, 2.05) is 0 Å². The number of hydrogen-bond acceptors (Lipinski definition) is 2. The van der Waals surface area contributed by atoms with Gasteiger partial charge in [0.15, 0.2) is 0 Å². The number of unbranched alkanes of at least 4 members (excludes halogenated alkanes) is 5. The molecule has 1 aromatic heterocycles. The van der Waals surface area contributed by atoms with Crippen LogP contribution in [0.2, 0.25) is 0 Å². The molecule has 1 aromatic rings. The van der Waals surface area contributed by atoms with Crippen molar-refractivity contribution >= 4 is 43.2 Å². The third-order valence-corrected chi connectivity index (χ3v) is 5.34. The molecule has 0 amide bonds. The maximum absolute atomic E-state index is 6.21. The Morgan fingerprint density at radius 2 is 1.82 bits per heavy atom. The molecule has 0 aromatic carbocycles. The topological polar surface area (TPSA) is 26.0 Å². The molecule has 0 fully saturated rings. The van der Waals surface area contributed by atoms with E-state index in [9.17, 15) is 0 Å². The molecule has 0 aliphatic rings. The van der Waals surface area contributed by atoms with Crippen molar-refractivity contribution in [1.29, 1.82) is 0 Å². The summed E-state index contributed by atoms with van der Waals surface area (Å²) in [5.74, 6) is 0. The van der Waals surface area contributed by atoms with Gasteiger partial charge in [0.05, 0.1) is 7.57 Å². The summed E-state index contributed by atoms with van der Waals surface area (Å²) in [5, 5.41) is 0. The summed E-state index contributed by atoms with van der Waals surface area (Å²) in [7, 11) is 0. The van der Waals surface area contributed by atoms with E-state index in [4.69, 9.17) is 5.73 Å². The van der Waals surface area contributed by atoms with Gasteiger partial charge in [0.1, 0.15) is 0 Å². The molecular weight excluding hydrogens is 362 g/mol. The Morgan fingerprint density at radius 3 is 2.41 bits per heavy atom. The van der Waals surface area contributed by atoms with Crippen LogP contribution in [0.3, 0.4) is 0 Å². The van der Waals surface area contributed by atoms with Crippen molar-refractivity contribution in [2.24, 2.45) is 5.73 Å². The number of halogens is 2. The molecular formula is C13H21Br2NS. The van der Waals surface area contributed by atoms with Crippen LogP contribution in [0.25, 0.3) is 0 Å². The van der Waals surface area contributed by atoms with Crippen LogP contribution in [-0.2, 0) is 0 Å². The van der Waals surface area contributed by atoms with Gasteiger partial charge in [-0.1, -0.05) is 45.4 Å². The second-order valence-electron chi connectivity index (χ2n) is 4.44. The van der Waals surface area contributed by atoms with Gasteiger partial charge in [-0.3, -0.25) is 0 Å². The summed E-state index contributed by atoms with van der Waals surface area (Å²) in [6, 6.07) is 2.31. The first-order chi connectivity index (χ1) is 8.15. The van der Waals surface area contributed by atoms with Crippen molar-refractivity contribution in [1.82, 2.24) is 0 Å². The van der Waals surface area contributed by atoms with Gasteiger partial charge >= 0.3 is 0 Å². The first-order valence-corrected chi connectivity index (χ1v) is 8.75. The van der Waals surface area contributed by atoms with Crippen molar-refractivity contribution in [3.8, 4) is 0 Å². The van der Waals surface area contributed by atoms with Crippen LogP contribution in [0.4, 0.5) is 0 Å². The lowest BCUT2D eigenvalue weighted by Crippen LogP contribution is -2.09. The second kappa shape index (κ2) is 8.68. The van der Waals surface area contributed by atoms with Gasteiger partial charge in [0.2, 0.25) is 0 Å². The number of nitrogens with two attached hydrogens (primary N) is 1. The summed E-state index contributed by atoms with van der Waals surface area (Å²) in [6.07, 6.45) is 9.06. The quantitative estimate of drug-likeness (QED) is 0.546. The van der Waals surface area contributed by atoms with Crippen LogP contribution in [0.1, 0.15) is 63.5 Å². The van der Waals surface area contributed by atoms with Crippen molar-refractivity contribution in [2.75, 3.05) is 0 Å². The molecule has 98 valence electrons. The molecule has 0 spiro atoms. The zero-order chi connectivity index (χ0) is 12.7. The molecule has 1 atom stereocenters. The van der Waals surface area contributed by atoms with Crippen molar-refractivity contribution < 1.29 is 0 Å². The van der Waals surface area contributed by atoms with Gasteiger partial charge in [0, 0.05) is 6.04 Å². The molecule has 1 rings (SSSR count). The van der Waals surface area contributed by atoms with Crippen LogP contribution in [0.15, 0.2) is 13.6 Å². The zero-order valence-electron chi connectivity index (χ0n) is 10.3. The Kier molecular flexibility index (Phi) is 8.00. The average molecular weight is 383 g/mol. The average Bonchev–Trinajstić information content (AvgIpc) is 2.62. The lowest BCUT2D eigenvalue weighted by Gasteiger charge is -2.10. The van der Waals surface area contributed by atoms with Gasteiger partial charge in [0.25, 0.3) is 0 Å². The van der Waals surface area contributed by atoms with Crippen LogP contribution in [-0.4, -0.2) is 0 Å². The molecule has 0 bridgehead atoms. The SMILES string of the molecule is CCCCCCCCC(N)c1cc(Br)sc1Br. The fourth-order valence-corrected chi connectivity index (χ4v) is 4.91. The Balaban J connectivity index is 2.21. The predicted octanol–water partition coefficient (Wildman–Crippen LogP) is 6.02. The number of thiophene rings is 1. The smallest absolute Gasteiger partial charge is 0.0758 e. The summed E-state index contributed by atoms with van der Waals surface area (Å²) in [4.78, 5) is 0. The highest BCUT2D eigenvalue weighted by Gasteiger charge is 2.12. The monoisotopic (exact) mass is 381 g/mol. The molecule has 0 saturated carbocycles. The van der Waals surface area contributed by atoms with Crippen molar-refractivity contribution in [3.05, 3.63) is 19.2 Å². The fraction of sp³-hybridized carbons (Fsp3) is 0.692. The Labute approximate surface area is 125 Å². The standard InChI is InChI=1S/C13H21Br2NS/c1-2-3-4-5-6-7-8-11(16)10-9-12(14)17-13(10)15/h9,11H,2-8,16H2,1H3. The van der Waals surface area contributed by atoms with Gasteiger partial charge in [-0.25, -0.2) is 0 Å². The molecule has 17 heavy (non-hydrogen) atoms. The first kappa shape index (κ1) is 15.7. The molecule has 4 heteroatoms. The molecule has 1 heterocycles. The maximum atomic E-state index is 6.21. The predicted molar refractivity (Wildman–Crippen MR) is 84.6 cm³/mol. The van der Waals surface area contributed by atoms with E-state index in [0.717, 1.165) is 10.2 Å². The molecule has 1 nitrogen and oxygen atoms in total. The molecule has 2 N–H and O–H groups in total. The first-order valence-electron chi connectivity index (χ1n) is 6.35. The highest BCUT2D eigenvalue weighted by molar-refractivity contribution is 9.12. The van der Waals surface area contributed by atoms with E-state index in [2.05, 4.69) is 44.8 Å². The van der Waals surface area contributed by atoms with E-state index in [0.29, 0.717) is 0 Å². The maximum Gasteiger partial charge on any atom is 0.0758 e. The van der Waals surface area contributed by atoms with E-state index in [-0.39, 0.29) is 6.04 Å². The number of hydrogen-bond donors (Lipinski definition) is 1. The van der Waals surface area contributed by atoms with Gasteiger partial charge in [-0.15, -0.1) is 11.3 Å². The molecule has 0 saturated heterocycles. The lowest BCUT2D eigenvalue weighted by molar-refractivity contribution is 0.547. The van der Waals surface area contributed by atoms with E-state index in [1.165, 1.54) is 47.9 Å². The molecule has 0 radical (unpaired) electrons. The van der Waals surface area contributed by atoms with E-state index >= 15 is 0 Å². The molecule has 1 unspecified atom stereocenters. The van der Waals surface area contributed by atoms with Crippen LogP contribution >= 0.6 is 43.2 Å². The summed E-state index contributed by atoms with van der Waals surface area (Å²) >= 11 is 8.77. The second-order valence-corrected chi connectivity index (χ2v) is 8.19. The Morgan fingerprint density at radius 1 is 1.18 bits per heavy atom. The molecule has 0 aliphatic heterocycles. The van der Waals surface area contributed by atoms with Crippen molar-refractivity contribution in [3.63, 3.8) is 0 Å². The van der Waals surface area contributed by atoms with Gasteiger partial charge in [-0.05, 0) is 49.9 Å². The van der Waals surface area contributed by atoms with Crippen LogP contribution < -0.4 is 5.73 Å². The summed E-state index contributed by atoms with van der Waals surface area (Å²) in [5.41, 5.74) is 7.45. The van der Waals surface area contributed by atoms with Crippen LogP contribution in [0, 0.1) is 0 Å². The lowest BCUT2D eigenvalue weighted by atomic mass is 10.0. The van der Waals surface area contributed by atoms with Crippen molar-refractivity contribution in [2.45, 2.75) is 57.9 Å². The zero-order valence-corrected chi connectivity index (χ0v) is 14.3. The Hall–Kier alpha value is 0.620. The normalized spacial score (nSPS) is 12.9. The third-order valence-electron chi connectivity index (χ3n) is 2.95. The van der Waals surface area contributed by atoms with Crippen LogP contribution in [0.5, 0.6) is 0 Å².